The van der Waals surface area contributed by atoms with E-state index in [0.29, 0.717) is 25.3 Å². The molecule has 0 spiro atoms. The number of ether oxygens (including phenoxy) is 1. The number of benzene rings is 2. The molecular formula is C20H26N2O3. The third-order valence-electron chi connectivity index (χ3n) is 3.83. The van der Waals surface area contributed by atoms with Crippen LogP contribution in [0.1, 0.15) is 31.7 Å². The standard InChI is InChI=1S/C20H26N2O3/c1-3-25-19-11-9-18(10-12-19)22-20(24)21-14-17(13-15(2)23)16-7-5-4-6-8-16/h4-12,15,17,23H,3,13-14H2,1-2H3,(H2,21,22,24). The Morgan fingerprint density at radius 2 is 1.80 bits per heavy atom. The second-order valence-electron chi connectivity index (χ2n) is 5.98. The van der Waals surface area contributed by atoms with Crippen LogP contribution < -0.4 is 15.4 Å². The van der Waals surface area contributed by atoms with Crippen LogP contribution in [0.2, 0.25) is 0 Å². The normalized spacial score (nSPS) is 12.9. The molecule has 0 aromatic heterocycles. The zero-order valence-corrected chi connectivity index (χ0v) is 14.7. The summed E-state index contributed by atoms with van der Waals surface area (Å²) in [5.74, 6) is 0.835. The summed E-state index contributed by atoms with van der Waals surface area (Å²) in [4.78, 5) is 12.1. The van der Waals surface area contributed by atoms with Gasteiger partial charge in [-0.05, 0) is 50.1 Å². The monoisotopic (exact) mass is 342 g/mol. The van der Waals surface area contributed by atoms with Gasteiger partial charge in [0, 0.05) is 18.2 Å². The summed E-state index contributed by atoms with van der Waals surface area (Å²) in [6.07, 6.45) is 0.161. The second-order valence-corrected chi connectivity index (χ2v) is 5.98. The van der Waals surface area contributed by atoms with Crippen molar-refractivity contribution in [3.63, 3.8) is 0 Å². The van der Waals surface area contributed by atoms with E-state index in [0.717, 1.165) is 11.3 Å². The quantitative estimate of drug-likeness (QED) is 0.684. The fraction of sp³-hybridized carbons (Fsp3) is 0.350. The molecule has 0 saturated carbocycles. The lowest BCUT2D eigenvalue weighted by molar-refractivity contribution is 0.173. The van der Waals surface area contributed by atoms with Gasteiger partial charge in [-0.2, -0.15) is 0 Å². The van der Waals surface area contributed by atoms with Gasteiger partial charge in [0.05, 0.1) is 12.7 Å². The molecule has 0 aliphatic heterocycles. The van der Waals surface area contributed by atoms with Gasteiger partial charge < -0.3 is 20.5 Å². The molecule has 25 heavy (non-hydrogen) atoms. The minimum atomic E-state index is -0.429. The molecule has 2 amide bonds. The molecule has 0 aliphatic rings. The predicted molar refractivity (Wildman–Crippen MR) is 100 cm³/mol. The highest BCUT2D eigenvalue weighted by molar-refractivity contribution is 5.89. The van der Waals surface area contributed by atoms with Crippen LogP contribution in [0.4, 0.5) is 10.5 Å². The lowest BCUT2D eigenvalue weighted by atomic mass is 9.93. The van der Waals surface area contributed by atoms with E-state index in [1.807, 2.05) is 49.4 Å². The molecular weight excluding hydrogens is 316 g/mol. The number of carbonyl (C=O) groups excluding carboxylic acids is 1. The molecule has 0 saturated heterocycles. The Morgan fingerprint density at radius 3 is 2.40 bits per heavy atom. The Balaban J connectivity index is 1.89. The molecule has 2 unspecified atom stereocenters. The highest BCUT2D eigenvalue weighted by Crippen LogP contribution is 2.20. The summed E-state index contributed by atoms with van der Waals surface area (Å²) in [6.45, 7) is 4.75. The fourth-order valence-corrected chi connectivity index (χ4v) is 2.67. The van der Waals surface area contributed by atoms with Crippen molar-refractivity contribution in [2.45, 2.75) is 32.3 Å². The lowest BCUT2D eigenvalue weighted by Gasteiger charge is -2.20. The van der Waals surface area contributed by atoms with Crippen LogP contribution in [-0.2, 0) is 0 Å². The molecule has 2 aromatic carbocycles. The summed E-state index contributed by atoms with van der Waals surface area (Å²) in [6, 6.07) is 16.9. The molecule has 0 fully saturated rings. The first-order chi connectivity index (χ1) is 12.1. The number of carbonyl (C=O) groups is 1. The molecule has 0 radical (unpaired) electrons. The number of anilines is 1. The molecule has 2 rings (SSSR count). The van der Waals surface area contributed by atoms with Gasteiger partial charge in [0.25, 0.3) is 0 Å². The van der Waals surface area contributed by atoms with Gasteiger partial charge in [0.15, 0.2) is 0 Å². The minimum Gasteiger partial charge on any atom is -0.494 e. The van der Waals surface area contributed by atoms with Gasteiger partial charge in [-0.25, -0.2) is 4.79 Å². The van der Waals surface area contributed by atoms with Crippen molar-refractivity contribution in [1.82, 2.24) is 5.32 Å². The largest absolute Gasteiger partial charge is 0.494 e. The summed E-state index contributed by atoms with van der Waals surface area (Å²) < 4.78 is 5.38. The van der Waals surface area contributed by atoms with Crippen molar-refractivity contribution < 1.29 is 14.6 Å². The highest BCUT2D eigenvalue weighted by Gasteiger charge is 2.15. The van der Waals surface area contributed by atoms with Gasteiger partial charge in [0.1, 0.15) is 5.75 Å². The van der Waals surface area contributed by atoms with Gasteiger partial charge in [0.2, 0.25) is 0 Å². The number of nitrogens with one attached hydrogen (secondary N) is 2. The molecule has 2 atom stereocenters. The van der Waals surface area contributed by atoms with Crippen LogP contribution >= 0.6 is 0 Å². The molecule has 2 aromatic rings. The predicted octanol–water partition coefficient (Wildman–Crippen LogP) is 3.76. The van der Waals surface area contributed by atoms with E-state index >= 15 is 0 Å². The molecule has 5 nitrogen and oxygen atoms in total. The van der Waals surface area contributed by atoms with E-state index in [-0.39, 0.29) is 11.9 Å². The number of hydrogen-bond acceptors (Lipinski definition) is 3. The van der Waals surface area contributed by atoms with Crippen molar-refractivity contribution in [3.05, 3.63) is 60.2 Å². The molecule has 0 heterocycles. The summed E-state index contributed by atoms with van der Waals surface area (Å²) in [5.41, 5.74) is 1.80. The van der Waals surface area contributed by atoms with E-state index in [9.17, 15) is 9.90 Å². The molecule has 134 valence electrons. The Hall–Kier alpha value is -2.53. The fourth-order valence-electron chi connectivity index (χ4n) is 2.67. The molecule has 0 aliphatic carbocycles. The SMILES string of the molecule is CCOc1ccc(NC(=O)NCC(CC(C)O)c2ccccc2)cc1. The minimum absolute atomic E-state index is 0.0623. The topological polar surface area (TPSA) is 70.6 Å². The van der Waals surface area contributed by atoms with Crippen molar-refractivity contribution in [2.24, 2.45) is 0 Å². The van der Waals surface area contributed by atoms with Crippen molar-refractivity contribution in [2.75, 3.05) is 18.5 Å². The summed E-state index contributed by atoms with van der Waals surface area (Å²) in [5, 5.41) is 15.4. The van der Waals surface area contributed by atoms with E-state index in [1.54, 1.807) is 19.1 Å². The third-order valence-corrected chi connectivity index (χ3v) is 3.83. The first kappa shape index (κ1) is 18.8. The Kier molecular flexibility index (Phi) is 7.29. The average Bonchev–Trinajstić information content (AvgIpc) is 2.61. The number of rotatable bonds is 8. The number of aliphatic hydroxyl groups excluding tert-OH is 1. The van der Waals surface area contributed by atoms with Crippen LogP contribution in [0.5, 0.6) is 5.75 Å². The highest BCUT2D eigenvalue weighted by atomic mass is 16.5. The van der Waals surface area contributed by atoms with E-state index in [4.69, 9.17) is 4.74 Å². The molecule has 0 bridgehead atoms. The van der Waals surface area contributed by atoms with Gasteiger partial charge >= 0.3 is 6.03 Å². The molecule has 3 N–H and O–H groups in total. The van der Waals surface area contributed by atoms with Crippen LogP contribution in [0, 0.1) is 0 Å². The number of amides is 2. The maximum absolute atomic E-state index is 12.1. The zero-order chi connectivity index (χ0) is 18.1. The Labute approximate surface area is 149 Å². The van der Waals surface area contributed by atoms with Crippen molar-refractivity contribution in [3.8, 4) is 5.75 Å². The van der Waals surface area contributed by atoms with E-state index < -0.39 is 6.10 Å². The molecule has 5 heteroatoms. The Bertz CT molecular complexity index is 642. The smallest absolute Gasteiger partial charge is 0.319 e. The van der Waals surface area contributed by atoms with E-state index in [1.165, 1.54) is 0 Å². The maximum Gasteiger partial charge on any atom is 0.319 e. The number of urea groups is 1. The van der Waals surface area contributed by atoms with Gasteiger partial charge in [-0.1, -0.05) is 30.3 Å². The summed E-state index contributed by atoms with van der Waals surface area (Å²) >= 11 is 0. The third kappa shape index (κ3) is 6.47. The van der Waals surface area contributed by atoms with Crippen LogP contribution in [0.25, 0.3) is 0 Å². The maximum atomic E-state index is 12.1. The van der Waals surface area contributed by atoms with E-state index in [2.05, 4.69) is 10.6 Å². The average molecular weight is 342 g/mol. The van der Waals surface area contributed by atoms with Crippen LogP contribution in [0.15, 0.2) is 54.6 Å². The van der Waals surface area contributed by atoms with Gasteiger partial charge in [-0.15, -0.1) is 0 Å². The van der Waals surface area contributed by atoms with Crippen LogP contribution in [-0.4, -0.2) is 30.4 Å². The number of aliphatic hydroxyl groups is 1. The second kappa shape index (κ2) is 9.69. The zero-order valence-electron chi connectivity index (χ0n) is 14.7. The first-order valence-corrected chi connectivity index (χ1v) is 8.59. The van der Waals surface area contributed by atoms with Crippen molar-refractivity contribution >= 4 is 11.7 Å². The first-order valence-electron chi connectivity index (χ1n) is 8.59. The lowest BCUT2D eigenvalue weighted by Crippen LogP contribution is -2.33. The Morgan fingerprint density at radius 1 is 1.12 bits per heavy atom. The van der Waals surface area contributed by atoms with Crippen LogP contribution in [0.3, 0.4) is 0 Å². The summed E-state index contributed by atoms with van der Waals surface area (Å²) in [7, 11) is 0. The van der Waals surface area contributed by atoms with Gasteiger partial charge in [-0.3, -0.25) is 0 Å². The number of hydrogen-bond donors (Lipinski definition) is 3. The van der Waals surface area contributed by atoms with Crippen molar-refractivity contribution in [1.29, 1.82) is 0 Å².